The van der Waals surface area contributed by atoms with Gasteiger partial charge in [0, 0.05) is 19.8 Å². The fraction of sp³-hybridized carbons (Fsp3) is 0.333. The maximum atomic E-state index is 5.30. The lowest BCUT2D eigenvalue weighted by molar-refractivity contribution is 0.145. The van der Waals surface area contributed by atoms with Gasteiger partial charge in [-0.15, -0.1) is 0 Å². The van der Waals surface area contributed by atoms with Gasteiger partial charge in [0.15, 0.2) is 5.11 Å². The van der Waals surface area contributed by atoms with Crippen LogP contribution in [-0.2, 0) is 11.2 Å². The van der Waals surface area contributed by atoms with Gasteiger partial charge in [-0.25, -0.2) is 0 Å². The molecule has 2 aromatic rings. The molecule has 0 bridgehead atoms. The number of rotatable bonds is 7. The Kier molecular flexibility index (Phi) is 6.36. The van der Waals surface area contributed by atoms with Crippen LogP contribution in [0.25, 0.3) is 11.1 Å². The molecule has 0 amide bonds. The molecule has 2 N–H and O–H groups in total. The first-order valence-electron chi connectivity index (χ1n) is 9.06. The molecule has 0 spiro atoms. The Morgan fingerprint density at radius 2 is 1.96 bits per heavy atom. The Morgan fingerprint density at radius 1 is 1.15 bits per heavy atom. The van der Waals surface area contributed by atoms with Gasteiger partial charge in [0.2, 0.25) is 0 Å². The molecule has 3 rings (SSSR count). The summed E-state index contributed by atoms with van der Waals surface area (Å²) in [7, 11) is 0. The van der Waals surface area contributed by atoms with Crippen LogP contribution in [0.15, 0.2) is 47.6 Å². The van der Waals surface area contributed by atoms with Gasteiger partial charge >= 0.3 is 0 Å². The number of hydrogen-bond donors (Lipinski definition) is 2. The third kappa shape index (κ3) is 4.48. The summed E-state index contributed by atoms with van der Waals surface area (Å²) in [5, 5.41) is 8.09. The summed E-state index contributed by atoms with van der Waals surface area (Å²) in [5.41, 5.74) is 10.4. The van der Waals surface area contributed by atoms with E-state index in [-0.39, 0.29) is 0 Å². The molecule has 2 aromatic carbocycles. The van der Waals surface area contributed by atoms with Gasteiger partial charge in [-0.3, -0.25) is 5.43 Å². The highest BCUT2D eigenvalue weighted by Crippen LogP contribution is 2.36. The molecular weight excluding hydrogens is 342 g/mol. The van der Waals surface area contributed by atoms with Crippen LogP contribution >= 0.6 is 12.2 Å². The maximum absolute atomic E-state index is 5.30. The Labute approximate surface area is 160 Å². The second-order valence-electron chi connectivity index (χ2n) is 6.32. The minimum Gasteiger partial charge on any atom is -0.382 e. The van der Waals surface area contributed by atoms with Crippen molar-refractivity contribution in [2.75, 3.05) is 19.8 Å². The summed E-state index contributed by atoms with van der Waals surface area (Å²) in [5.74, 6) is 0. The average Bonchev–Trinajstić information content (AvgIpc) is 3.03. The summed E-state index contributed by atoms with van der Waals surface area (Å²) >= 11 is 5.26. The zero-order valence-corrected chi connectivity index (χ0v) is 16.2. The molecule has 1 aliphatic carbocycles. The van der Waals surface area contributed by atoms with Crippen LogP contribution in [-0.4, -0.2) is 30.6 Å². The van der Waals surface area contributed by atoms with E-state index >= 15 is 0 Å². The molecule has 0 aliphatic heterocycles. The zero-order chi connectivity index (χ0) is 18.4. The molecule has 0 aromatic heterocycles. The summed E-state index contributed by atoms with van der Waals surface area (Å²) in [6.07, 6.45) is 1.91. The second-order valence-corrected chi connectivity index (χ2v) is 6.73. The van der Waals surface area contributed by atoms with Crippen molar-refractivity contribution in [1.82, 2.24) is 10.7 Å². The molecule has 136 valence electrons. The molecule has 26 heavy (non-hydrogen) atoms. The average molecular weight is 368 g/mol. The highest BCUT2D eigenvalue weighted by molar-refractivity contribution is 7.80. The molecule has 0 heterocycles. The second kappa shape index (κ2) is 8.92. The van der Waals surface area contributed by atoms with Gasteiger partial charge in [0.25, 0.3) is 0 Å². The summed E-state index contributed by atoms with van der Waals surface area (Å²) < 4.78 is 5.30. The molecule has 0 radical (unpaired) electrons. The third-order valence-corrected chi connectivity index (χ3v) is 4.73. The summed E-state index contributed by atoms with van der Waals surface area (Å²) in [6.45, 7) is 6.25. The molecule has 0 unspecified atom stereocenters. The van der Waals surface area contributed by atoms with Crippen molar-refractivity contribution >= 4 is 23.0 Å². The lowest BCUT2D eigenvalue weighted by Gasteiger charge is -2.09. The number of fused-ring (bicyclic) bond motifs is 3. The Morgan fingerprint density at radius 3 is 2.81 bits per heavy atom. The van der Waals surface area contributed by atoms with E-state index in [9.17, 15) is 0 Å². The standard InChI is InChI=1S/C21H25N3OS/c1-3-25-12-6-11-22-21(26)24-23-15(2)16-9-10-20-18(13-16)14-17-7-4-5-8-19(17)20/h4-5,7-10,13H,3,6,11-12,14H2,1-2H3,(H2,22,24,26)/b23-15-. The largest absolute Gasteiger partial charge is 0.382 e. The molecule has 5 heteroatoms. The summed E-state index contributed by atoms with van der Waals surface area (Å²) in [4.78, 5) is 0. The van der Waals surface area contributed by atoms with Gasteiger partial charge in [-0.05, 0) is 72.8 Å². The van der Waals surface area contributed by atoms with E-state index in [1.54, 1.807) is 0 Å². The van der Waals surface area contributed by atoms with Crippen molar-refractivity contribution in [2.24, 2.45) is 5.10 Å². The van der Waals surface area contributed by atoms with Gasteiger partial charge in [0.05, 0.1) is 5.71 Å². The summed E-state index contributed by atoms with van der Waals surface area (Å²) in [6, 6.07) is 15.1. The topological polar surface area (TPSA) is 45.6 Å². The first kappa shape index (κ1) is 18.5. The van der Waals surface area contributed by atoms with E-state index in [1.807, 2.05) is 13.8 Å². The first-order valence-corrected chi connectivity index (χ1v) is 9.47. The Balaban J connectivity index is 1.57. The number of thiocarbonyl (C=S) groups is 1. The highest BCUT2D eigenvalue weighted by Gasteiger charge is 2.18. The molecular formula is C21H25N3OS. The molecule has 0 saturated carbocycles. The van der Waals surface area contributed by atoms with Crippen LogP contribution in [0.1, 0.15) is 37.0 Å². The fourth-order valence-electron chi connectivity index (χ4n) is 3.13. The number of benzene rings is 2. The molecule has 1 aliphatic rings. The van der Waals surface area contributed by atoms with Gasteiger partial charge in [-0.2, -0.15) is 5.10 Å². The van der Waals surface area contributed by atoms with Crippen molar-refractivity contribution in [1.29, 1.82) is 0 Å². The van der Waals surface area contributed by atoms with E-state index in [4.69, 9.17) is 17.0 Å². The minimum atomic E-state index is 0.536. The van der Waals surface area contributed by atoms with Crippen molar-refractivity contribution in [3.63, 3.8) is 0 Å². The fourth-order valence-corrected chi connectivity index (χ4v) is 3.28. The van der Waals surface area contributed by atoms with E-state index < -0.39 is 0 Å². The zero-order valence-electron chi connectivity index (χ0n) is 15.3. The molecule has 0 fully saturated rings. The van der Waals surface area contributed by atoms with E-state index in [2.05, 4.69) is 58.3 Å². The number of nitrogens with zero attached hydrogens (tertiary/aromatic N) is 1. The van der Waals surface area contributed by atoms with Crippen LogP contribution in [0.4, 0.5) is 0 Å². The Bertz CT molecular complexity index is 817. The van der Waals surface area contributed by atoms with E-state index in [0.29, 0.717) is 5.11 Å². The molecule has 4 nitrogen and oxygen atoms in total. The number of hydrazone groups is 1. The van der Waals surface area contributed by atoms with Crippen LogP contribution in [0, 0.1) is 0 Å². The highest BCUT2D eigenvalue weighted by atomic mass is 32.1. The van der Waals surface area contributed by atoms with Gasteiger partial charge in [-0.1, -0.05) is 36.4 Å². The number of nitrogens with one attached hydrogen (secondary N) is 2. The first-order chi connectivity index (χ1) is 12.7. The van der Waals surface area contributed by atoms with Gasteiger partial charge in [0.1, 0.15) is 0 Å². The molecule has 0 atom stereocenters. The van der Waals surface area contributed by atoms with Crippen LogP contribution in [0.5, 0.6) is 0 Å². The third-order valence-electron chi connectivity index (χ3n) is 4.49. The lowest BCUT2D eigenvalue weighted by Crippen LogP contribution is -2.33. The van der Waals surface area contributed by atoms with Crippen molar-refractivity contribution in [2.45, 2.75) is 26.7 Å². The normalized spacial score (nSPS) is 12.5. The van der Waals surface area contributed by atoms with Crippen LogP contribution < -0.4 is 10.7 Å². The van der Waals surface area contributed by atoms with Crippen molar-refractivity contribution < 1.29 is 4.74 Å². The van der Waals surface area contributed by atoms with Crippen LogP contribution in [0.2, 0.25) is 0 Å². The minimum absolute atomic E-state index is 0.536. The van der Waals surface area contributed by atoms with Crippen molar-refractivity contribution in [3.8, 4) is 11.1 Å². The van der Waals surface area contributed by atoms with Crippen molar-refractivity contribution in [3.05, 3.63) is 59.2 Å². The number of hydrogen-bond acceptors (Lipinski definition) is 3. The van der Waals surface area contributed by atoms with Gasteiger partial charge < -0.3 is 10.1 Å². The maximum Gasteiger partial charge on any atom is 0.186 e. The van der Waals surface area contributed by atoms with Crippen LogP contribution in [0.3, 0.4) is 0 Å². The smallest absolute Gasteiger partial charge is 0.186 e. The van der Waals surface area contributed by atoms with E-state index in [0.717, 1.165) is 43.9 Å². The molecule has 0 saturated heterocycles. The predicted octanol–water partition coefficient (Wildman–Crippen LogP) is 3.87. The quantitative estimate of drug-likeness (QED) is 0.288. The predicted molar refractivity (Wildman–Crippen MR) is 112 cm³/mol. The van der Waals surface area contributed by atoms with E-state index in [1.165, 1.54) is 22.3 Å². The lowest BCUT2D eigenvalue weighted by atomic mass is 10.0. The monoisotopic (exact) mass is 367 g/mol. The SMILES string of the molecule is CCOCCCNC(=S)N/N=C(/C)c1ccc2c(c1)Cc1ccccc1-2. The Hall–Kier alpha value is -2.24. The number of ether oxygens (including phenoxy) is 1.